The zero-order chi connectivity index (χ0) is 12.8. The zero-order valence-electron chi connectivity index (χ0n) is 10.0. The summed E-state index contributed by atoms with van der Waals surface area (Å²) in [7, 11) is 0. The van der Waals surface area contributed by atoms with Gasteiger partial charge in [0.15, 0.2) is 6.17 Å². The number of amidine groups is 1. The van der Waals surface area contributed by atoms with Gasteiger partial charge in [-0.3, -0.25) is 4.99 Å². The number of aliphatic imine (C=N–C) groups is 2. The van der Waals surface area contributed by atoms with Crippen molar-refractivity contribution in [2.24, 2.45) is 15.7 Å². The molecule has 3 nitrogen and oxygen atoms in total. The van der Waals surface area contributed by atoms with Gasteiger partial charge < -0.3 is 5.73 Å². The topological polar surface area (TPSA) is 50.7 Å². The van der Waals surface area contributed by atoms with Crippen LogP contribution in [0.5, 0.6) is 0 Å². The highest BCUT2D eigenvalue weighted by Crippen LogP contribution is 2.18. The monoisotopic (exact) mass is 237 g/mol. The van der Waals surface area contributed by atoms with Gasteiger partial charge in [0.05, 0.1) is 0 Å². The Labute approximate surface area is 107 Å². The molecule has 2 rings (SSSR count). The summed E-state index contributed by atoms with van der Waals surface area (Å²) in [5.41, 5.74) is 7.84. The van der Waals surface area contributed by atoms with Crippen LogP contribution >= 0.6 is 0 Å². The van der Waals surface area contributed by atoms with E-state index >= 15 is 0 Å². The van der Waals surface area contributed by atoms with E-state index in [9.17, 15) is 0 Å². The minimum absolute atomic E-state index is 0.355. The first-order chi connectivity index (χ1) is 8.81. The van der Waals surface area contributed by atoms with Crippen LogP contribution in [-0.4, -0.2) is 12.6 Å². The Morgan fingerprint density at radius 3 is 2.06 bits per heavy atom. The lowest BCUT2D eigenvalue weighted by molar-refractivity contribution is 0.784. The molecular weight excluding hydrogens is 222 g/mol. The average molecular weight is 237 g/mol. The predicted octanol–water partition coefficient (Wildman–Crippen LogP) is 2.79. The van der Waals surface area contributed by atoms with E-state index in [1.807, 2.05) is 60.7 Å². The van der Waals surface area contributed by atoms with Crippen LogP contribution in [-0.2, 0) is 0 Å². The molecule has 90 valence electrons. The normalized spacial score (nSPS) is 13.0. The molecule has 1 unspecified atom stereocenters. The molecule has 0 heterocycles. The van der Waals surface area contributed by atoms with E-state index in [-0.39, 0.29) is 6.17 Å². The molecule has 3 heteroatoms. The predicted molar refractivity (Wildman–Crippen MR) is 75.9 cm³/mol. The molecule has 18 heavy (non-hydrogen) atoms. The van der Waals surface area contributed by atoms with Crippen molar-refractivity contribution in [3.8, 4) is 0 Å². The Morgan fingerprint density at radius 1 is 0.944 bits per heavy atom. The number of hydrogen-bond acceptors (Lipinski definition) is 2. The second-order valence-electron chi connectivity index (χ2n) is 3.85. The molecule has 0 aliphatic rings. The van der Waals surface area contributed by atoms with Crippen molar-refractivity contribution in [3.05, 3.63) is 71.8 Å². The van der Waals surface area contributed by atoms with E-state index in [1.165, 1.54) is 0 Å². The van der Waals surface area contributed by atoms with Crippen molar-refractivity contribution < 1.29 is 0 Å². The minimum Gasteiger partial charge on any atom is -0.383 e. The maximum Gasteiger partial charge on any atom is 0.166 e. The van der Waals surface area contributed by atoms with Gasteiger partial charge in [0, 0.05) is 5.56 Å². The molecule has 0 spiro atoms. The number of hydrogen-bond donors (Lipinski definition) is 1. The van der Waals surface area contributed by atoms with E-state index in [1.54, 1.807) is 0 Å². The molecule has 0 aromatic heterocycles. The fraction of sp³-hybridized carbons (Fsp3) is 0.0667. The van der Waals surface area contributed by atoms with Gasteiger partial charge in [-0.05, 0) is 12.3 Å². The van der Waals surface area contributed by atoms with E-state index in [0.29, 0.717) is 5.84 Å². The summed E-state index contributed by atoms with van der Waals surface area (Å²) in [6, 6.07) is 19.4. The zero-order valence-corrected chi connectivity index (χ0v) is 10.0. The highest BCUT2D eigenvalue weighted by Gasteiger charge is 2.07. The van der Waals surface area contributed by atoms with Crippen LogP contribution in [0.2, 0.25) is 0 Å². The van der Waals surface area contributed by atoms with Gasteiger partial charge in [-0.25, -0.2) is 4.99 Å². The van der Waals surface area contributed by atoms with E-state index in [0.717, 1.165) is 11.1 Å². The third-order valence-electron chi connectivity index (χ3n) is 2.60. The number of nitrogens with two attached hydrogens (primary N) is 1. The highest BCUT2D eigenvalue weighted by molar-refractivity contribution is 5.97. The summed E-state index contributed by atoms with van der Waals surface area (Å²) >= 11 is 0. The van der Waals surface area contributed by atoms with Gasteiger partial charge >= 0.3 is 0 Å². The Balaban J connectivity index is 2.28. The fourth-order valence-corrected chi connectivity index (χ4v) is 1.66. The first-order valence-electron chi connectivity index (χ1n) is 5.70. The second kappa shape index (κ2) is 5.77. The number of nitrogens with zero attached hydrogens (tertiary/aromatic N) is 2. The van der Waals surface area contributed by atoms with Gasteiger partial charge in [0.25, 0.3) is 0 Å². The SMILES string of the molecule is C=NC(/N=C(\N)c1ccccc1)c1ccccc1. The van der Waals surface area contributed by atoms with Crippen LogP contribution < -0.4 is 5.73 Å². The first kappa shape index (κ1) is 12.0. The summed E-state index contributed by atoms with van der Waals surface area (Å²) in [6.45, 7) is 3.57. The summed E-state index contributed by atoms with van der Waals surface area (Å²) in [6.07, 6.45) is -0.355. The maximum atomic E-state index is 5.97. The van der Waals surface area contributed by atoms with Gasteiger partial charge in [-0.1, -0.05) is 60.7 Å². The van der Waals surface area contributed by atoms with E-state index in [2.05, 4.69) is 16.7 Å². The number of rotatable bonds is 4. The van der Waals surface area contributed by atoms with Crippen LogP contribution in [0, 0.1) is 0 Å². The van der Waals surface area contributed by atoms with Gasteiger partial charge in [-0.2, -0.15) is 0 Å². The van der Waals surface area contributed by atoms with Crippen molar-refractivity contribution in [1.82, 2.24) is 0 Å². The summed E-state index contributed by atoms with van der Waals surface area (Å²) in [5, 5.41) is 0. The van der Waals surface area contributed by atoms with Gasteiger partial charge in [0.1, 0.15) is 5.84 Å². The fourth-order valence-electron chi connectivity index (χ4n) is 1.66. The molecule has 0 radical (unpaired) electrons. The van der Waals surface area contributed by atoms with E-state index < -0.39 is 0 Å². The lowest BCUT2D eigenvalue weighted by Crippen LogP contribution is -2.14. The molecule has 2 aromatic rings. The molecule has 2 aromatic carbocycles. The lowest BCUT2D eigenvalue weighted by atomic mass is 10.1. The summed E-state index contributed by atoms with van der Waals surface area (Å²) < 4.78 is 0. The lowest BCUT2D eigenvalue weighted by Gasteiger charge is -2.09. The van der Waals surface area contributed by atoms with Gasteiger partial charge in [0.2, 0.25) is 0 Å². The van der Waals surface area contributed by atoms with Crippen molar-refractivity contribution in [2.75, 3.05) is 0 Å². The Hall–Kier alpha value is -2.42. The maximum absolute atomic E-state index is 5.97. The van der Waals surface area contributed by atoms with Crippen LogP contribution in [0.1, 0.15) is 17.3 Å². The summed E-state index contributed by atoms with van der Waals surface area (Å²) in [4.78, 5) is 8.41. The second-order valence-corrected chi connectivity index (χ2v) is 3.85. The minimum atomic E-state index is -0.355. The standard InChI is InChI=1S/C15H15N3/c1-17-15(13-10-6-3-7-11-13)18-14(16)12-8-4-2-5-9-12/h2-11,15H,1H2,(H2,16,18). The molecule has 0 fully saturated rings. The van der Waals surface area contributed by atoms with Crippen molar-refractivity contribution in [1.29, 1.82) is 0 Å². The molecular formula is C15H15N3. The molecule has 0 saturated heterocycles. The van der Waals surface area contributed by atoms with Crippen LogP contribution in [0.25, 0.3) is 0 Å². The van der Waals surface area contributed by atoms with Crippen LogP contribution in [0.4, 0.5) is 0 Å². The molecule has 0 bridgehead atoms. The third-order valence-corrected chi connectivity index (χ3v) is 2.60. The quantitative estimate of drug-likeness (QED) is 0.645. The Morgan fingerprint density at radius 2 is 1.50 bits per heavy atom. The van der Waals surface area contributed by atoms with Gasteiger partial charge in [-0.15, -0.1) is 0 Å². The largest absolute Gasteiger partial charge is 0.383 e. The highest BCUT2D eigenvalue weighted by atomic mass is 15.0. The Kier molecular flexibility index (Phi) is 3.86. The Bertz CT molecular complexity index is 532. The van der Waals surface area contributed by atoms with Crippen LogP contribution in [0.15, 0.2) is 70.6 Å². The molecule has 0 aliphatic carbocycles. The van der Waals surface area contributed by atoms with Crippen molar-refractivity contribution in [2.45, 2.75) is 6.17 Å². The smallest absolute Gasteiger partial charge is 0.166 e. The molecule has 0 aliphatic heterocycles. The molecule has 0 amide bonds. The third kappa shape index (κ3) is 2.83. The molecule has 0 saturated carbocycles. The van der Waals surface area contributed by atoms with Crippen molar-refractivity contribution in [3.63, 3.8) is 0 Å². The number of benzene rings is 2. The molecule has 2 N–H and O–H groups in total. The average Bonchev–Trinajstić information content (AvgIpc) is 2.46. The first-order valence-corrected chi connectivity index (χ1v) is 5.70. The molecule has 1 atom stereocenters. The van der Waals surface area contributed by atoms with Crippen LogP contribution in [0.3, 0.4) is 0 Å². The van der Waals surface area contributed by atoms with E-state index in [4.69, 9.17) is 5.73 Å². The van der Waals surface area contributed by atoms with Crippen molar-refractivity contribution >= 4 is 12.6 Å². The summed E-state index contributed by atoms with van der Waals surface area (Å²) in [5.74, 6) is 0.469.